The molecular formula is C14H20FNO. The van der Waals surface area contributed by atoms with Crippen LogP contribution < -0.4 is 5.73 Å². The van der Waals surface area contributed by atoms with Gasteiger partial charge in [0.2, 0.25) is 0 Å². The fraction of sp³-hybridized carbons (Fsp3) is 0.571. The van der Waals surface area contributed by atoms with Crippen LogP contribution in [0.3, 0.4) is 0 Å². The van der Waals surface area contributed by atoms with Crippen molar-refractivity contribution in [3.05, 3.63) is 35.6 Å². The van der Waals surface area contributed by atoms with Gasteiger partial charge in [-0.2, -0.15) is 0 Å². The van der Waals surface area contributed by atoms with Gasteiger partial charge < -0.3 is 10.5 Å². The molecule has 3 heteroatoms. The zero-order valence-corrected chi connectivity index (χ0v) is 10.3. The molecule has 2 nitrogen and oxygen atoms in total. The number of rotatable bonds is 3. The maximum atomic E-state index is 13.7. The van der Waals surface area contributed by atoms with Crippen LogP contribution in [-0.4, -0.2) is 13.2 Å². The van der Waals surface area contributed by atoms with Gasteiger partial charge in [0.25, 0.3) is 0 Å². The van der Waals surface area contributed by atoms with Gasteiger partial charge in [-0.3, -0.25) is 0 Å². The van der Waals surface area contributed by atoms with Crippen molar-refractivity contribution in [3.63, 3.8) is 0 Å². The van der Waals surface area contributed by atoms with Crippen molar-refractivity contribution in [1.29, 1.82) is 0 Å². The fourth-order valence-electron chi connectivity index (χ4n) is 2.58. The standard InChI is InChI=1S/C14H20FNO/c1-14(16,10-11-6-8-17-9-7-11)12-4-2-3-5-13(12)15/h2-5,11H,6-10,16H2,1H3. The molecule has 2 N–H and O–H groups in total. The lowest BCUT2D eigenvalue weighted by Gasteiger charge is -2.32. The zero-order chi connectivity index (χ0) is 12.3. The Morgan fingerprint density at radius 3 is 2.65 bits per heavy atom. The van der Waals surface area contributed by atoms with E-state index in [4.69, 9.17) is 10.5 Å². The predicted molar refractivity (Wildman–Crippen MR) is 66.1 cm³/mol. The van der Waals surface area contributed by atoms with Gasteiger partial charge in [-0.15, -0.1) is 0 Å². The highest BCUT2D eigenvalue weighted by atomic mass is 19.1. The van der Waals surface area contributed by atoms with E-state index in [-0.39, 0.29) is 5.82 Å². The number of hydrogen-bond acceptors (Lipinski definition) is 2. The highest BCUT2D eigenvalue weighted by Crippen LogP contribution is 2.31. The molecule has 2 rings (SSSR count). The van der Waals surface area contributed by atoms with Crippen LogP contribution in [0.4, 0.5) is 4.39 Å². The Hall–Kier alpha value is -0.930. The van der Waals surface area contributed by atoms with E-state index >= 15 is 0 Å². The maximum Gasteiger partial charge on any atom is 0.128 e. The lowest BCUT2D eigenvalue weighted by Crippen LogP contribution is -2.37. The van der Waals surface area contributed by atoms with Crippen molar-refractivity contribution in [2.24, 2.45) is 11.7 Å². The smallest absolute Gasteiger partial charge is 0.128 e. The Labute approximate surface area is 102 Å². The van der Waals surface area contributed by atoms with Gasteiger partial charge in [0.1, 0.15) is 5.82 Å². The second-order valence-corrected chi connectivity index (χ2v) is 5.16. The number of halogens is 1. The van der Waals surface area contributed by atoms with Crippen LogP contribution in [0.15, 0.2) is 24.3 Å². The van der Waals surface area contributed by atoms with E-state index in [2.05, 4.69) is 0 Å². The average Bonchev–Trinajstić information content (AvgIpc) is 2.30. The molecule has 1 unspecified atom stereocenters. The van der Waals surface area contributed by atoms with Crippen molar-refractivity contribution < 1.29 is 9.13 Å². The van der Waals surface area contributed by atoms with E-state index < -0.39 is 5.54 Å². The third-order valence-corrected chi connectivity index (χ3v) is 3.54. The third kappa shape index (κ3) is 3.05. The predicted octanol–water partition coefficient (Wildman–Crippen LogP) is 2.82. The van der Waals surface area contributed by atoms with Crippen LogP contribution in [0, 0.1) is 11.7 Å². The summed E-state index contributed by atoms with van der Waals surface area (Å²) in [4.78, 5) is 0. The van der Waals surface area contributed by atoms with E-state index in [1.165, 1.54) is 6.07 Å². The molecule has 1 fully saturated rings. The first-order chi connectivity index (χ1) is 8.09. The Morgan fingerprint density at radius 2 is 2.00 bits per heavy atom. The minimum atomic E-state index is -0.590. The van der Waals surface area contributed by atoms with Crippen molar-refractivity contribution in [1.82, 2.24) is 0 Å². The molecule has 1 saturated heterocycles. The molecule has 0 radical (unpaired) electrons. The summed E-state index contributed by atoms with van der Waals surface area (Å²) < 4.78 is 19.1. The lowest BCUT2D eigenvalue weighted by atomic mass is 9.81. The average molecular weight is 237 g/mol. The van der Waals surface area contributed by atoms with Crippen LogP contribution in [0.1, 0.15) is 31.7 Å². The summed E-state index contributed by atoms with van der Waals surface area (Å²) in [6.45, 7) is 3.52. The topological polar surface area (TPSA) is 35.2 Å². The van der Waals surface area contributed by atoms with Gasteiger partial charge in [-0.25, -0.2) is 4.39 Å². The monoisotopic (exact) mass is 237 g/mol. The van der Waals surface area contributed by atoms with E-state index in [9.17, 15) is 4.39 Å². The molecule has 0 aliphatic carbocycles. The van der Waals surface area contributed by atoms with Crippen molar-refractivity contribution in [2.75, 3.05) is 13.2 Å². The minimum absolute atomic E-state index is 0.204. The molecule has 1 atom stereocenters. The van der Waals surface area contributed by atoms with E-state index in [1.54, 1.807) is 12.1 Å². The lowest BCUT2D eigenvalue weighted by molar-refractivity contribution is 0.0568. The Balaban J connectivity index is 2.10. The quantitative estimate of drug-likeness (QED) is 0.877. The minimum Gasteiger partial charge on any atom is -0.381 e. The van der Waals surface area contributed by atoms with Crippen molar-refractivity contribution in [3.8, 4) is 0 Å². The number of benzene rings is 1. The van der Waals surface area contributed by atoms with E-state index in [1.807, 2.05) is 13.0 Å². The van der Waals surface area contributed by atoms with Gasteiger partial charge in [0.15, 0.2) is 0 Å². The number of ether oxygens (including phenoxy) is 1. The summed E-state index contributed by atoms with van der Waals surface area (Å²) in [7, 11) is 0. The molecule has 0 aromatic heterocycles. The summed E-state index contributed by atoms with van der Waals surface area (Å²) in [5, 5.41) is 0. The fourth-order valence-corrected chi connectivity index (χ4v) is 2.58. The molecule has 0 saturated carbocycles. The Bertz CT molecular complexity index is 372. The van der Waals surface area contributed by atoms with Crippen LogP contribution >= 0.6 is 0 Å². The summed E-state index contributed by atoms with van der Waals surface area (Å²) in [6, 6.07) is 6.80. The van der Waals surface area contributed by atoms with Gasteiger partial charge >= 0.3 is 0 Å². The highest BCUT2D eigenvalue weighted by molar-refractivity contribution is 5.25. The normalized spacial score (nSPS) is 21.1. The summed E-state index contributed by atoms with van der Waals surface area (Å²) >= 11 is 0. The zero-order valence-electron chi connectivity index (χ0n) is 10.3. The van der Waals surface area contributed by atoms with Crippen LogP contribution in [-0.2, 0) is 10.3 Å². The molecule has 1 aliphatic heterocycles. The molecule has 0 amide bonds. The van der Waals surface area contributed by atoms with Gasteiger partial charge in [-0.1, -0.05) is 18.2 Å². The molecule has 1 aromatic rings. The van der Waals surface area contributed by atoms with Crippen LogP contribution in [0.25, 0.3) is 0 Å². The molecule has 1 aromatic carbocycles. The van der Waals surface area contributed by atoms with Gasteiger partial charge in [0.05, 0.1) is 0 Å². The van der Waals surface area contributed by atoms with Crippen molar-refractivity contribution >= 4 is 0 Å². The van der Waals surface area contributed by atoms with Gasteiger partial charge in [0, 0.05) is 24.3 Å². The van der Waals surface area contributed by atoms with Crippen molar-refractivity contribution in [2.45, 2.75) is 31.7 Å². The molecule has 0 bridgehead atoms. The first-order valence-electron chi connectivity index (χ1n) is 6.21. The maximum absolute atomic E-state index is 13.7. The van der Waals surface area contributed by atoms with E-state index in [0.717, 1.165) is 32.5 Å². The summed E-state index contributed by atoms with van der Waals surface area (Å²) in [5.74, 6) is 0.336. The second-order valence-electron chi connectivity index (χ2n) is 5.16. The number of nitrogens with two attached hydrogens (primary N) is 1. The first-order valence-corrected chi connectivity index (χ1v) is 6.21. The SMILES string of the molecule is CC(N)(CC1CCOCC1)c1ccccc1F. The highest BCUT2D eigenvalue weighted by Gasteiger charge is 2.29. The van der Waals surface area contributed by atoms with E-state index in [0.29, 0.717) is 11.5 Å². The molecule has 1 aliphatic rings. The number of hydrogen-bond donors (Lipinski definition) is 1. The van der Waals surface area contributed by atoms with Gasteiger partial charge in [-0.05, 0) is 38.2 Å². The third-order valence-electron chi connectivity index (χ3n) is 3.54. The molecular weight excluding hydrogens is 217 g/mol. The largest absolute Gasteiger partial charge is 0.381 e. The molecule has 1 heterocycles. The van der Waals surface area contributed by atoms with Crippen LogP contribution in [0.2, 0.25) is 0 Å². The first kappa shape index (κ1) is 12.5. The Kier molecular flexibility index (Phi) is 3.79. The summed E-state index contributed by atoms with van der Waals surface area (Å²) in [5.41, 5.74) is 6.32. The molecule has 94 valence electrons. The molecule has 0 spiro atoms. The van der Waals surface area contributed by atoms with Crippen LogP contribution in [0.5, 0.6) is 0 Å². The molecule has 17 heavy (non-hydrogen) atoms. The summed E-state index contributed by atoms with van der Waals surface area (Å²) in [6.07, 6.45) is 2.87. The Morgan fingerprint density at radius 1 is 1.35 bits per heavy atom. The second kappa shape index (κ2) is 5.15.